The molecule has 5 atom stereocenters. The number of aliphatic carboxylic acids is 1. The number of nitrogens with one attached hydrogen (secondary N) is 4. The van der Waals surface area contributed by atoms with E-state index in [4.69, 9.17) is 0 Å². The number of quaternary nitrogens is 1. The second kappa shape index (κ2) is 21.1. The topological polar surface area (TPSA) is 242 Å². The van der Waals surface area contributed by atoms with E-state index >= 15 is 0 Å². The molecule has 8 bridgehead atoms. The van der Waals surface area contributed by atoms with Gasteiger partial charge in [-0.05, 0) is 158 Å². The fourth-order valence-corrected chi connectivity index (χ4v) is 12.2. The summed E-state index contributed by atoms with van der Waals surface area (Å²) in [5.41, 5.74) is 9.13. The SMILES string of the molecule is CC(c1ccc(-c2ccc(C(=O)NCCC(=O)N[C@@H](CCCC[NH3+])C(=O)N(C)[C@@H]3C(=O)N[C@@H](C)C(=O)N[C@H](C(=O)O)Cc4ccc(O)c(c4)-c4cc3ccc4O)cc2)cc1)C12CC3CC(CC(C3)C1)C2. The highest BCUT2D eigenvalue weighted by Gasteiger charge is 2.53. The fourth-order valence-electron chi connectivity index (χ4n) is 12.2. The largest absolute Gasteiger partial charge is 0.507 e. The average Bonchev–Trinajstić information content (AvgIpc) is 3.33. The first-order valence-corrected chi connectivity index (χ1v) is 24.8. The van der Waals surface area contributed by atoms with Crippen LogP contribution in [0.2, 0.25) is 0 Å². The lowest BCUT2D eigenvalue weighted by molar-refractivity contribution is -0.368. The van der Waals surface area contributed by atoms with Crippen LogP contribution in [0.3, 0.4) is 0 Å². The van der Waals surface area contributed by atoms with Gasteiger partial charge in [-0.15, -0.1) is 0 Å². The maximum Gasteiger partial charge on any atom is 0.326 e. The zero-order valence-electron chi connectivity index (χ0n) is 40.3. The number of nitrogens with zero attached hydrogens (tertiary/aromatic N) is 1. The molecule has 1 aliphatic heterocycles. The Kier molecular flexibility index (Phi) is 15.0. The second-order valence-electron chi connectivity index (χ2n) is 20.5. The lowest BCUT2D eigenvalue weighted by Gasteiger charge is -2.59. The van der Waals surface area contributed by atoms with Gasteiger partial charge in [-0.1, -0.05) is 55.5 Å². The number of benzene rings is 4. The highest BCUT2D eigenvalue weighted by atomic mass is 16.4. The minimum absolute atomic E-state index is 0.0104. The van der Waals surface area contributed by atoms with Crippen molar-refractivity contribution < 1.29 is 49.8 Å². The number of phenolic OH excluding ortho intramolecular Hbond substituents is 2. The lowest BCUT2D eigenvalue weighted by Crippen LogP contribution is -2.55. The molecule has 0 spiro atoms. The molecule has 4 aromatic carbocycles. The van der Waals surface area contributed by atoms with Gasteiger partial charge >= 0.3 is 5.97 Å². The van der Waals surface area contributed by atoms with Crippen molar-refractivity contribution in [2.24, 2.45) is 23.2 Å². The molecule has 4 aromatic rings. The first-order valence-electron chi connectivity index (χ1n) is 24.8. The maximum atomic E-state index is 14.5. The molecule has 4 fully saturated rings. The van der Waals surface area contributed by atoms with Crippen molar-refractivity contribution in [3.05, 3.63) is 107 Å². The molecular formula is C55H67N6O9+. The Hall–Kier alpha value is -6.74. The molecule has 10 N–H and O–H groups in total. The molecule has 0 saturated heterocycles. The van der Waals surface area contributed by atoms with Crippen LogP contribution >= 0.6 is 0 Å². The summed E-state index contributed by atoms with van der Waals surface area (Å²) < 4.78 is 0. The Morgan fingerprint density at radius 1 is 0.800 bits per heavy atom. The van der Waals surface area contributed by atoms with Crippen LogP contribution < -0.4 is 27.0 Å². The Bertz CT molecular complexity index is 2580. The summed E-state index contributed by atoms with van der Waals surface area (Å²) >= 11 is 0. The zero-order chi connectivity index (χ0) is 49.9. The van der Waals surface area contributed by atoms with Gasteiger partial charge in [0.05, 0.1) is 6.54 Å². The minimum Gasteiger partial charge on any atom is -0.507 e. The number of amides is 5. The number of fused-ring (bicyclic) bond motifs is 5. The van der Waals surface area contributed by atoms with E-state index in [0.29, 0.717) is 41.8 Å². The Morgan fingerprint density at radius 3 is 2.01 bits per heavy atom. The van der Waals surface area contributed by atoms with E-state index in [2.05, 4.69) is 58.2 Å². The van der Waals surface area contributed by atoms with Crippen LogP contribution in [0.25, 0.3) is 22.3 Å². The van der Waals surface area contributed by atoms with E-state index in [-0.39, 0.29) is 59.9 Å². The van der Waals surface area contributed by atoms with Gasteiger partial charge in [0.25, 0.3) is 5.91 Å². The first-order chi connectivity index (χ1) is 33.5. The lowest BCUT2D eigenvalue weighted by atomic mass is 9.46. The predicted octanol–water partition coefficient (Wildman–Crippen LogP) is 5.60. The molecule has 70 heavy (non-hydrogen) atoms. The Balaban J connectivity index is 0.917. The summed E-state index contributed by atoms with van der Waals surface area (Å²) in [6.07, 6.45) is 9.48. The molecule has 5 aliphatic rings. The molecule has 9 rings (SSSR count). The summed E-state index contributed by atoms with van der Waals surface area (Å²) in [6.45, 7) is 4.39. The van der Waals surface area contributed by atoms with E-state index in [1.165, 1.54) is 94.5 Å². The third kappa shape index (κ3) is 10.8. The standard InChI is InChI=1S/C55H66N6O9/c1-31(55-28-34-22-35(29-55)24-36(23-34)30-55)37-8-10-38(11-9-37)39-12-14-40(15-13-39)51(66)57-21-19-48(64)59-44(6-4-5-20-56)53(68)61(3)49-41-16-18-47(63)43(27-41)42-25-33(7-17-46(42)62)26-45(54(69)70)60-50(65)32(2)58-52(49)67/h7-18,25,27,31-32,34-36,44-45,49,62-63H,4-6,19-24,26,28-30,56H2,1-3H3,(H,57,66)(H,58,67)(H,59,64)(H,60,65)(H,69,70)/p+1/t31?,32-,34?,35?,36?,44-,45-,49-,55?/m0/s1. The molecule has 370 valence electrons. The van der Waals surface area contributed by atoms with Crippen molar-refractivity contribution in [1.82, 2.24) is 26.2 Å². The van der Waals surface area contributed by atoms with Crippen LogP contribution in [0.5, 0.6) is 11.5 Å². The van der Waals surface area contributed by atoms with Crippen LogP contribution in [-0.4, -0.2) is 94.0 Å². The molecule has 1 unspecified atom stereocenters. The van der Waals surface area contributed by atoms with Gasteiger partial charge in [-0.25, -0.2) is 4.79 Å². The number of carboxylic acids is 1. The summed E-state index contributed by atoms with van der Waals surface area (Å²) in [4.78, 5) is 82.1. The van der Waals surface area contributed by atoms with Crippen molar-refractivity contribution >= 4 is 35.5 Å². The maximum absolute atomic E-state index is 14.5. The minimum atomic E-state index is -1.43. The van der Waals surface area contributed by atoms with E-state index in [1.54, 1.807) is 12.1 Å². The number of likely N-dealkylation sites (N-methyl/N-ethyl adjacent to an activating group) is 1. The van der Waals surface area contributed by atoms with E-state index in [0.717, 1.165) is 33.8 Å². The van der Waals surface area contributed by atoms with Crippen molar-refractivity contribution in [2.45, 2.75) is 115 Å². The van der Waals surface area contributed by atoms with Gasteiger partial charge in [0.2, 0.25) is 23.6 Å². The van der Waals surface area contributed by atoms with Crippen LogP contribution in [-0.2, 0) is 30.4 Å². The fraction of sp³-hybridized carbons (Fsp3) is 0.455. The summed E-state index contributed by atoms with van der Waals surface area (Å²) in [5, 5.41) is 42.6. The van der Waals surface area contributed by atoms with Crippen LogP contribution in [0.4, 0.5) is 0 Å². The van der Waals surface area contributed by atoms with E-state index in [9.17, 15) is 44.1 Å². The van der Waals surface area contributed by atoms with E-state index < -0.39 is 53.8 Å². The number of unbranched alkanes of at least 4 members (excludes halogenated alkanes) is 1. The number of aromatic hydroxyl groups is 2. The second-order valence-corrected chi connectivity index (χ2v) is 20.5. The van der Waals surface area contributed by atoms with Gasteiger partial charge < -0.3 is 47.2 Å². The van der Waals surface area contributed by atoms with Crippen LogP contribution in [0.15, 0.2) is 84.9 Å². The van der Waals surface area contributed by atoms with Crippen molar-refractivity contribution in [1.29, 1.82) is 0 Å². The monoisotopic (exact) mass is 955 g/mol. The molecule has 0 radical (unpaired) electrons. The van der Waals surface area contributed by atoms with Crippen LogP contribution in [0.1, 0.15) is 117 Å². The third-order valence-corrected chi connectivity index (χ3v) is 15.6. The molecule has 4 aliphatic carbocycles. The molecular weight excluding hydrogens is 889 g/mol. The number of hydrogen-bond acceptors (Lipinski definition) is 8. The zero-order valence-corrected chi connectivity index (χ0v) is 40.3. The molecule has 15 heteroatoms. The van der Waals surface area contributed by atoms with Crippen LogP contribution in [0, 0.1) is 23.2 Å². The average molecular weight is 956 g/mol. The number of carbonyl (C=O) groups is 6. The summed E-state index contributed by atoms with van der Waals surface area (Å²) in [6, 6.07) is 19.7. The molecule has 0 aromatic heterocycles. The Labute approximate surface area is 409 Å². The highest BCUT2D eigenvalue weighted by Crippen LogP contribution is 2.64. The molecule has 1 heterocycles. The number of phenols is 2. The van der Waals surface area contributed by atoms with Gasteiger partial charge in [-0.2, -0.15) is 0 Å². The van der Waals surface area contributed by atoms with Crippen molar-refractivity contribution in [2.75, 3.05) is 20.1 Å². The van der Waals surface area contributed by atoms with Crippen molar-refractivity contribution in [3.63, 3.8) is 0 Å². The number of carboxylic acid groups (broad SMARTS) is 1. The normalized spacial score (nSPS) is 24.6. The molecule has 5 amide bonds. The highest BCUT2D eigenvalue weighted by molar-refractivity contribution is 5.97. The van der Waals surface area contributed by atoms with Gasteiger partial charge in [-0.3, -0.25) is 24.0 Å². The molecule has 4 saturated carbocycles. The summed E-state index contributed by atoms with van der Waals surface area (Å²) in [5.74, 6) is -1.64. The Morgan fingerprint density at radius 2 is 1.40 bits per heavy atom. The smallest absolute Gasteiger partial charge is 0.326 e. The number of hydrogen-bond donors (Lipinski definition) is 8. The molecule has 15 nitrogen and oxygen atoms in total. The predicted molar refractivity (Wildman–Crippen MR) is 263 cm³/mol. The quantitative estimate of drug-likeness (QED) is 0.0691. The summed E-state index contributed by atoms with van der Waals surface area (Å²) in [7, 11) is 1.39. The number of rotatable bonds is 15. The van der Waals surface area contributed by atoms with Gasteiger partial charge in [0, 0.05) is 43.1 Å². The number of carbonyl (C=O) groups excluding carboxylic acids is 5. The third-order valence-electron chi connectivity index (χ3n) is 15.6. The van der Waals surface area contributed by atoms with Crippen molar-refractivity contribution in [3.8, 4) is 33.8 Å². The first kappa shape index (κ1) is 49.7. The van der Waals surface area contributed by atoms with Gasteiger partial charge in [0.1, 0.15) is 35.7 Å². The van der Waals surface area contributed by atoms with E-state index in [1.807, 2.05) is 12.1 Å². The van der Waals surface area contributed by atoms with Gasteiger partial charge in [0.15, 0.2) is 0 Å².